The van der Waals surface area contributed by atoms with Gasteiger partial charge in [-0.2, -0.15) is 0 Å². The van der Waals surface area contributed by atoms with E-state index in [2.05, 4.69) is 10.6 Å². The zero-order valence-electron chi connectivity index (χ0n) is 11.2. The van der Waals surface area contributed by atoms with Gasteiger partial charge in [0.1, 0.15) is 5.75 Å². The third-order valence-corrected chi connectivity index (χ3v) is 2.36. The molecule has 19 heavy (non-hydrogen) atoms. The molecular formula is C13H19N3O3. The van der Waals surface area contributed by atoms with E-state index in [1.54, 1.807) is 12.1 Å². The quantitative estimate of drug-likeness (QED) is 0.654. The van der Waals surface area contributed by atoms with Crippen LogP contribution in [0.2, 0.25) is 0 Å². The van der Waals surface area contributed by atoms with Crippen LogP contribution in [0.3, 0.4) is 0 Å². The van der Waals surface area contributed by atoms with E-state index in [1.807, 2.05) is 13.8 Å². The molecule has 0 bridgehead atoms. The summed E-state index contributed by atoms with van der Waals surface area (Å²) in [7, 11) is 0. The molecule has 0 unspecified atom stereocenters. The molecule has 1 aromatic rings. The van der Waals surface area contributed by atoms with Crippen molar-refractivity contribution in [3.05, 3.63) is 23.8 Å². The number of likely N-dealkylation sites (N-methyl/N-ethyl adjacent to an activating group) is 1. The molecule has 0 radical (unpaired) electrons. The van der Waals surface area contributed by atoms with Crippen LogP contribution in [0.4, 0.5) is 5.69 Å². The minimum atomic E-state index is -0.346. The lowest BCUT2D eigenvalue weighted by Gasteiger charge is -2.09. The van der Waals surface area contributed by atoms with Gasteiger partial charge in [0, 0.05) is 12.1 Å². The summed E-state index contributed by atoms with van der Waals surface area (Å²) in [6.07, 6.45) is 0. The Morgan fingerprint density at radius 3 is 2.58 bits per heavy atom. The number of ether oxygens (including phenoxy) is 1. The first-order valence-corrected chi connectivity index (χ1v) is 6.15. The Morgan fingerprint density at radius 2 is 2.00 bits per heavy atom. The monoisotopic (exact) mass is 265 g/mol. The van der Waals surface area contributed by atoms with Gasteiger partial charge in [-0.25, -0.2) is 0 Å². The fourth-order valence-corrected chi connectivity index (χ4v) is 1.50. The first-order chi connectivity index (χ1) is 9.08. The molecule has 6 nitrogen and oxygen atoms in total. The third kappa shape index (κ3) is 4.50. The van der Waals surface area contributed by atoms with E-state index in [0.717, 1.165) is 0 Å². The maximum atomic E-state index is 11.8. The molecule has 0 saturated carbocycles. The number of anilines is 1. The van der Waals surface area contributed by atoms with Gasteiger partial charge in [0.25, 0.3) is 5.91 Å². The van der Waals surface area contributed by atoms with E-state index in [-0.39, 0.29) is 18.4 Å². The highest BCUT2D eigenvalue weighted by Crippen LogP contribution is 2.22. The number of benzene rings is 1. The summed E-state index contributed by atoms with van der Waals surface area (Å²) in [5.74, 6) is -0.0291. The van der Waals surface area contributed by atoms with Crippen molar-refractivity contribution < 1.29 is 14.3 Å². The Bertz CT molecular complexity index is 460. The fourth-order valence-electron chi connectivity index (χ4n) is 1.50. The Balaban J connectivity index is 2.62. The summed E-state index contributed by atoms with van der Waals surface area (Å²) in [4.78, 5) is 23.0. The molecule has 6 heteroatoms. The van der Waals surface area contributed by atoms with Crippen molar-refractivity contribution in [2.75, 3.05) is 25.4 Å². The standard InChI is InChI=1S/C13H19N3O3/c1-3-15-12(17)8-16-13(18)9-5-6-11(19-4-2)10(14)7-9/h5-7H,3-4,8,14H2,1-2H3,(H,15,17)(H,16,18). The average Bonchev–Trinajstić information content (AvgIpc) is 2.39. The van der Waals surface area contributed by atoms with Crippen molar-refractivity contribution in [2.45, 2.75) is 13.8 Å². The normalized spacial score (nSPS) is 9.79. The Morgan fingerprint density at radius 1 is 1.26 bits per heavy atom. The van der Waals surface area contributed by atoms with Gasteiger partial charge >= 0.3 is 0 Å². The van der Waals surface area contributed by atoms with Gasteiger partial charge in [-0.3, -0.25) is 9.59 Å². The molecule has 0 aliphatic heterocycles. The van der Waals surface area contributed by atoms with Gasteiger partial charge in [0.2, 0.25) is 5.91 Å². The van der Waals surface area contributed by atoms with E-state index in [0.29, 0.717) is 30.2 Å². The number of rotatable bonds is 6. The predicted octanol–water partition coefficient (Wildman–Crippen LogP) is 0.533. The molecule has 0 saturated heterocycles. The van der Waals surface area contributed by atoms with Crippen LogP contribution in [-0.2, 0) is 4.79 Å². The van der Waals surface area contributed by atoms with E-state index in [9.17, 15) is 9.59 Å². The number of nitrogens with two attached hydrogens (primary N) is 1. The first kappa shape index (κ1) is 14.8. The summed E-state index contributed by atoms with van der Waals surface area (Å²) in [5, 5.41) is 5.11. The van der Waals surface area contributed by atoms with Crippen molar-refractivity contribution >= 4 is 17.5 Å². The van der Waals surface area contributed by atoms with Crippen molar-refractivity contribution in [2.24, 2.45) is 0 Å². The van der Waals surface area contributed by atoms with Gasteiger partial charge in [-0.15, -0.1) is 0 Å². The molecule has 1 rings (SSSR count). The predicted molar refractivity (Wildman–Crippen MR) is 73.0 cm³/mol. The number of hydrogen-bond donors (Lipinski definition) is 3. The highest BCUT2D eigenvalue weighted by Gasteiger charge is 2.09. The number of nitrogen functional groups attached to an aromatic ring is 1. The smallest absolute Gasteiger partial charge is 0.251 e. The number of carbonyl (C=O) groups is 2. The van der Waals surface area contributed by atoms with E-state index >= 15 is 0 Å². The largest absolute Gasteiger partial charge is 0.492 e. The lowest BCUT2D eigenvalue weighted by molar-refractivity contribution is -0.120. The average molecular weight is 265 g/mol. The molecule has 0 fully saturated rings. The van der Waals surface area contributed by atoms with Gasteiger partial charge in [-0.05, 0) is 32.0 Å². The van der Waals surface area contributed by atoms with Crippen LogP contribution < -0.4 is 21.1 Å². The summed E-state index contributed by atoms with van der Waals surface area (Å²) in [6.45, 7) is 4.65. The molecule has 0 heterocycles. The number of amides is 2. The fraction of sp³-hybridized carbons (Fsp3) is 0.385. The number of nitrogens with one attached hydrogen (secondary N) is 2. The van der Waals surface area contributed by atoms with Crippen LogP contribution in [0.5, 0.6) is 5.75 Å². The Hall–Kier alpha value is -2.24. The van der Waals surface area contributed by atoms with Gasteiger partial charge in [0.05, 0.1) is 18.8 Å². The lowest BCUT2D eigenvalue weighted by atomic mass is 10.1. The van der Waals surface area contributed by atoms with Crippen LogP contribution in [0.15, 0.2) is 18.2 Å². The van der Waals surface area contributed by atoms with Crippen molar-refractivity contribution in [1.82, 2.24) is 10.6 Å². The van der Waals surface area contributed by atoms with Crippen molar-refractivity contribution in [3.8, 4) is 5.75 Å². The minimum absolute atomic E-state index is 0.0558. The van der Waals surface area contributed by atoms with Gasteiger partial charge in [0.15, 0.2) is 0 Å². The zero-order valence-corrected chi connectivity index (χ0v) is 11.2. The number of carbonyl (C=O) groups excluding carboxylic acids is 2. The van der Waals surface area contributed by atoms with E-state index in [1.165, 1.54) is 6.07 Å². The van der Waals surface area contributed by atoms with Gasteiger partial charge in [-0.1, -0.05) is 0 Å². The summed E-state index contributed by atoms with van der Waals surface area (Å²) < 4.78 is 5.28. The second kappa shape index (κ2) is 7.25. The molecular weight excluding hydrogens is 246 g/mol. The molecule has 0 aliphatic rings. The molecule has 1 aromatic carbocycles. The molecule has 0 atom stereocenters. The van der Waals surface area contributed by atoms with Crippen LogP contribution in [0.1, 0.15) is 24.2 Å². The van der Waals surface area contributed by atoms with Crippen LogP contribution in [0.25, 0.3) is 0 Å². The van der Waals surface area contributed by atoms with Gasteiger partial charge < -0.3 is 21.1 Å². The SMILES string of the molecule is CCNC(=O)CNC(=O)c1ccc(OCC)c(N)c1. The molecule has 2 amide bonds. The van der Waals surface area contributed by atoms with E-state index < -0.39 is 0 Å². The highest BCUT2D eigenvalue weighted by molar-refractivity contribution is 5.97. The topological polar surface area (TPSA) is 93.5 Å². The van der Waals surface area contributed by atoms with E-state index in [4.69, 9.17) is 10.5 Å². The second-order valence-corrected chi connectivity index (χ2v) is 3.82. The Labute approximate surface area is 112 Å². The molecule has 4 N–H and O–H groups in total. The first-order valence-electron chi connectivity index (χ1n) is 6.15. The highest BCUT2D eigenvalue weighted by atomic mass is 16.5. The summed E-state index contributed by atoms with van der Waals surface area (Å²) in [5.41, 5.74) is 6.55. The Kier molecular flexibility index (Phi) is 5.66. The lowest BCUT2D eigenvalue weighted by Crippen LogP contribution is -2.36. The maximum absolute atomic E-state index is 11.8. The van der Waals surface area contributed by atoms with Crippen molar-refractivity contribution in [3.63, 3.8) is 0 Å². The molecule has 104 valence electrons. The molecule has 0 aliphatic carbocycles. The number of hydrogen-bond acceptors (Lipinski definition) is 4. The zero-order chi connectivity index (χ0) is 14.3. The van der Waals surface area contributed by atoms with Crippen LogP contribution in [-0.4, -0.2) is 31.5 Å². The molecule has 0 aromatic heterocycles. The maximum Gasteiger partial charge on any atom is 0.251 e. The van der Waals surface area contributed by atoms with Crippen molar-refractivity contribution in [1.29, 1.82) is 0 Å². The third-order valence-electron chi connectivity index (χ3n) is 2.36. The molecule has 0 spiro atoms. The summed E-state index contributed by atoms with van der Waals surface area (Å²) in [6, 6.07) is 4.77. The summed E-state index contributed by atoms with van der Waals surface area (Å²) >= 11 is 0. The second-order valence-electron chi connectivity index (χ2n) is 3.82. The van der Waals surface area contributed by atoms with Crippen LogP contribution >= 0.6 is 0 Å². The van der Waals surface area contributed by atoms with Crippen LogP contribution in [0, 0.1) is 0 Å². The minimum Gasteiger partial charge on any atom is -0.492 e.